The summed E-state index contributed by atoms with van der Waals surface area (Å²) in [5.74, 6) is 0.802. The molecule has 0 saturated heterocycles. The molecule has 0 aromatic heterocycles. The molecule has 0 radical (unpaired) electrons. The van der Waals surface area contributed by atoms with Gasteiger partial charge in [-0.25, -0.2) is 0 Å². The lowest BCUT2D eigenvalue weighted by Crippen LogP contribution is -2.37. The normalized spacial score (nSPS) is 14.2. The van der Waals surface area contributed by atoms with E-state index in [-0.39, 0.29) is 0 Å². The predicted octanol–water partition coefficient (Wildman–Crippen LogP) is 5.04. The first-order chi connectivity index (χ1) is 9.62. The number of rotatable bonds is 9. The molecule has 2 atom stereocenters. The molecule has 0 saturated carbocycles. The highest BCUT2D eigenvalue weighted by Gasteiger charge is 2.19. The Balaban J connectivity index is 2.75. The predicted molar refractivity (Wildman–Crippen MR) is 90.4 cm³/mol. The van der Waals surface area contributed by atoms with Crippen LogP contribution in [0.25, 0.3) is 0 Å². The summed E-state index contributed by atoms with van der Waals surface area (Å²) >= 11 is 0. The zero-order chi connectivity index (χ0) is 15.0. The number of aryl methyl sites for hydroxylation is 2. The third-order valence-electron chi connectivity index (χ3n) is 4.52. The maximum Gasteiger partial charge on any atom is 0.0135 e. The minimum absolute atomic E-state index is 0.624. The van der Waals surface area contributed by atoms with Crippen molar-refractivity contribution in [3.05, 3.63) is 34.9 Å². The number of hydrogen-bond donors (Lipinski definition) is 1. The maximum atomic E-state index is 3.73. The Labute approximate surface area is 126 Å². The van der Waals surface area contributed by atoms with Crippen molar-refractivity contribution in [3.8, 4) is 0 Å². The third kappa shape index (κ3) is 5.28. The SMILES string of the molecule is CCCCC(CC)C(Cc1ccc(C)c(C)c1)NCC. The van der Waals surface area contributed by atoms with Gasteiger partial charge < -0.3 is 5.32 Å². The molecule has 0 bridgehead atoms. The van der Waals surface area contributed by atoms with Crippen LogP contribution >= 0.6 is 0 Å². The average Bonchev–Trinajstić information content (AvgIpc) is 2.44. The lowest BCUT2D eigenvalue weighted by Gasteiger charge is -2.27. The number of likely N-dealkylation sites (N-methyl/N-ethyl adjacent to an activating group) is 1. The molecule has 0 aliphatic carbocycles. The van der Waals surface area contributed by atoms with Gasteiger partial charge in [-0.3, -0.25) is 0 Å². The molecular formula is C19H33N. The van der Waals surface area contributed by atoms with E-state index in [1.807, 2.05) is 0 Å². The molecule has 1 rings (SSSR count). The topological polar surface area (TPSA) is 12.0 Å². The van der Waals surface area contributed by atoms with Crippen molar-refractivity contribution in [1.29, 1.82) is 0 Å². The van der Waals surface area contributed by atoms with E-state index in [9.17, 15) is 0 Å². The first-order valence-corrected chi connectivity index (χ1v) is 8.41. The molecule has 114 valence electrons. The van der Waals surface area contributed by atoms with Crippen LogP contribution in [0.2, 0.25) is 0 Å². The molecule has 1 aromatic rings. The largest absolute Gasteiger partial charge is 0.314 e. The second kappa shape index (κ2) is 9.18. The minimum atomic E-state index is 0.624. The third-order valence-corrected chi connectivity index (χ3v) is 4.52. The number of benzene rings is 1. The van der Waals surface area contributed by atoms with E-state index in [0.717, 1.165) is 18.9 Å². The molecule has 0 amide bonds. The van der Waals surface area contributed by atoms with E-state index < -0.39 is 0 Å². The van der Waals surface area contributed by atoms with E-state index in [0.29, 0.717) is 6.04 Å². The molecule has 1 N–H and O–H groups in total. The molecule has 0 spiro atoms. The van der Waals surface area contributed by atoms with Crippen LogP contribution in [-0.4, -0.2) is 12.6 Å². The average molecular weight is 275 g/mol. The molecule has 1 heteroatoms. The molecule has 1 aromatic carbocycles. The zero-order valence-electron chi connectivity index (χ0n) is 14.1. The van der Waals surface area contributed by atoms with Crippen LogP contribution in [0, 0.1) is 19.8 Å². The molecule has 20 heavy (non-hydrogen) atoms. The van der Waals surface area contributed by atoms with Gasteiger partial charge in [-0.15, -0.1) is 0 Å². The van der Waals surface area contributed by atoms with Crippen LogP contribution in [0.1, 0.15) is 63.1 Å². The summed E-state index contributed by atoms with van der Waals surface area (Å²) in [7, 11) is 0. The van der Waals surface area contributed by atoms with Gasteiger partial charge in [0.15, 0.2) is 0 Å². The van der Waals surface area contributed by atoms with E-state index in [1.54, 1.807) is 0 Å². The van der Waals surface area contributed by atoms with Gasteiger partial charge in [-0.05, 0) is 55.8 Å². The van der Waals surface area contributed by atoms with Gasteiger partial charge in [0.05, 0.1) is 0 Å². The van der Waals surface area contributed by atoms with Crippen LogP contribution in [-0.2, 0) is 6.42 Å². The van der Waals surface area contributed by atoms with Gasteiger partial charge in [0, 0.05) is 6.04 Å². The first-order valence-electron chi connectivity index (χ1n) is 8.41. The van der Waals surface area contributed by atoms with Crippen LogP contribution in [0.4, 0.5) is 0 Å². The molecule has 0 fully saturated rings. The van der Waals surface area contributed by atoms with E-state index in [1.165, 1.54) is 42.4 Å². The summed E-state index contributed by atoms with van der Waals surface area (Å²) in [6.07, 6.45) is 6.46. The van der Waals surface area contributed by atoms with Gasteiger partial charge in [0.2, 0.25) is 0 Å². The lowest BCUT2D eigenvalue weighted by molar-refractivity contribution is 0.319. The molecule has 0 aliphatic rings. The molecule has 2 unspecified atom stereocenters. The summed E-state index contributed by atoms with van der Waals surface area (Å²) in [5, 5.41) is 3.73. The Kier molecular flexibility index (Phi) is 7.91. The van der Waals surface area contributed by atoms with Crippen molar-refractivity contribution < 1.29 is 0 Å². The van der Waals surface area contributed by atoms with E-state index >= 15 is 0 Å². The Bertz CT molecular complexity index is 383. The quantitative estimate of drug-likeness (QED) is 0.665. The first kappa shape index (κ1) is 17.2. The van der Waals surface area contributed by atoms with Crippen molar-refractivity contribution in [3.63, 3.8) is 0 Å². The van der Waals surface area contributed by atoms with Gasteiger partial charge in [0.25, 0.3) is 0 Å². The summed E-state index contributed by atoms with van der Waals surface area (Å²) in [5.41, 5.74) is 4.29. The number of hydrogen-bond acceptors (Lipinski definition) is 1. The second-order valence-electron chi connectivity index (χ2n) is 6.10. The summed E-state index contributed by atoms with van der Waals surface area (Å²) in [4.78, 5) is 0. The number of unbranched alkanes of at least 4 members (excludes halogenated alkanes) is 1. The van der Waals surface area contributed by atoms with Crippen molar-refractivity contribution >= 4 is 0 Å². The van der Waals surface area contributed by atoms with Crippen LogP contribution in [0.5, 0.6) is 0 Å². The smallest absolute Gasteiger partial charge is 0.0135 e. The monoisotopic (exact) mass is 275 g/mol. The maximum absolute atomic E-state index is 3.73. The van der Waals surface area contributed by atoms with Crippen molar-refractivity contribution in [2.45, 2.75) is 72.8 Å². The zero-order valence-corrected chi connectivity index (χ0v) is 14.1. The molecule has 0 heterocycles. The molecular weight excluding hydrogens is 242 g/mol. The molecule has 0 aliphatic heterocycles. The Hall–Kier alpha value is -0.820. The minimum Gasteiger partial charge on any atom is -0.314 e. The molecule has 1 nitrogen and oxygen atoms in total. The standard InChI is InChI=1S/C19H33N/c1-6-9-10-18(7-2)19(20-8-3)14-17-12-11-15(4)16(5)13-17/h11-13,18-20H,6-10,14H2,1-5H3. The van der Waals surface area contributed by atoms with Crippen LogP contribution in [0.15, 0.2) is 18.2 Å². The Morgan fingerprint density at radius 3 is 2.35 bits per heavy atom. The Morgan fingerprint density at radius 2 is 1.80 bits per heavy atom. The van der Waals surface area contributed by atoms with Gasteiger partial charge in [-0.1, -0.05) is 58.2 Å². The van der Waals surface area contributed by atoms with E-state index in [4.69, 9.17) is 0 Å². The lowest BCUT2D eigenvalue weighted by atomic mass is 9.87. The van der Waals surface area contributed by atoms with Crippen molar-refractivity contribution in [1.82, 2.24) is 5.32 Å². The number of nitrogens with one attached hydrogen (secondary N) is 1. The second-order valence-corrected chi connectivity index (χ2v) is 6.10. The van der Waals surface area contributed by atoms with Gasteiger partial charge in [-0.2, -0.15) is 0 Å². The summed E-state index contributed by atoms with van der Waals surface area (Å²) < 4.78 is 0. The highest BCUT2D eigenvalue weighted by atomic mass is 14.9. The Morgan fingerprint density at radius 1 is 1.05 bits per heavy atom. The van der Waals surface area contributed by atoms with Crippen molar-refractivity contribution in [2.75, 3.05) is 6.54 Å². The van der Waals surface area contributed by atoms with E-state index in [2.05, 4.69) is 58.1 Å². The van der Waals surface area contributed by atoms with Crippen LogP contribution < -0.4 is 5.32 Å². The van der Waals surface area contributed by atoms with Crippen molar-refractivity contribution in [2.24, 2.45) is 5.92 Å². The fourth-order valence-electron chi connectivity index (χ4n) is 3.01. The summed E-state index contributed by atoms with van der Waals surface area (Å²) in [6.45, 7) is 12.3. The highest BCUT2D eigenvalue weighted by Crippen LogP contribution is 2.21. The van der Waals surface area contributed by atoms with Gasteiger partial charge >= 0.3 is 0 Å². The fraction of sp³-hybridized carbons (Fsp3) is 0.684. The highest BCUT2D eigenvalue weighted by molar-refractivity contribution is 5.30. The fourth-order valence-corrected chi connectivity index (χ4v) is 3.01. The van der Waals surface area contributed by atoms with Gasteiger partial charge in [0.1, 0.15) is 0 Å². The summed E-state index contributed by atoms with van der Waals surface area (Å²) in [6, 6.07) is 7.56. The van der Waals surface area contributed by atoms with Crippen LogP contribution in [0.3, 0.4) is 0 Å².